The lowest BCUT2D eigenvalue weighted by Crippen LogP contribution is -2.42. The van der Waals surface area contributed by atoms with Gasteiger partial charge in [0, 0.05) is 23.3 Å². The fraction of sp³-hybridized carbons (Fsp3) is 0.536. The van der Waals surface area contributed by atoms with Crippen molar-refractivity contribution in [1.29, 1.82) is 0 Å². The zero-order chi connectivity index (χ0) is 31.6. The minimum absolute atomic E-state index is 0.0527. The normalized spacial score (nSPS) is 17.9. The Kier molecular flexibility index (Phi) is 9.33. The van der Waals surface area contributed by atoms with E-state index < -0.39 is 40.1 Å². The molecule has 0 aliphatic heterocycles. The van der Waals surface area contributed by atoms with Crippen molar-refractivity contribution in [2.45, 2.75) is 90.6 Å². The highest BCUT2D eigenvalue weighted by molar-refractivity contribution is 7.92. The Morgan fingerprint density at radius 3 is 2.33 bits per heavy atom. The molecular weight excluding hydrogens is 587 g/mol. The van der Waals surface area contributed by atoms with Crippen LogP contribution < -0.4 is 15.4 Å². The van der Waals surface area contributed by atoms with Gasteiger partial charge in [0.25, 0.3) is 0 Å². The van der Waals surface area contributed by atoms with E-state index in [4.69, 9.17) is 4.74 Å². The van der Waals surface area contributed by atoms with Crippen molar-refractivity contribution in [3.05, 3.63) is 35.7 Å². The van der Waals surface area contributed by atoms with E-state index in [0.717, 1.165) is 31.2 Å². The highest BCUT2D eigenvalue weighted by atomic mass is 32.2. The lowest BCUT2D eigenvalue weighted by Gasteiger charge is -2.30. The van der Waals surface area contributed by atoms with Crippen LogP contribution in [0.2, 0.25) is 0 Å². The Morgan fingerprint density at radius 2 is 1.70 bits per heavy atom. The Balaban J connectivity index is 1.40. The maximum atomic E-state index is 12.4. The van der Waals surface area contributed by atoms with Crippen LogP contribution in [0.3, 0.4) is 0 Å². The van der Waals surface area contributed by atoms with Gasteiger partial charge in [0.05, 0.1) is 29.6 Å². The number of ether oxygens (including phenoxy) is 1. The molecule has 1 fully saturated rings. The van der Waals surface area contributed by atoms with Gasteiger partial charge in [-0.1, -0.05) is 0 Å². The topological polar surface area (TPSA) is 148 Å². The lowest BCUT2D eigenvalue weighted by atomic mass is 9.91. The number of halogens is 3. The number of aromatic nitrogens is 4. The number of fused-ring (bicyclic) bond motifs is 1. The van der Waals surface area contributed by atoms with Crippen molar-refractivity contribution >= 4 is 38.9 Å². The Labute approximate surface area is 248 Å². The fourth-order valence-electron chi connectivity index (χ4n) is 4.78. The third-order valence-electron chi connectivity index (χ3n) is 6.79. The van der Waals surface area contributed by atoms with Gasteiger partial charge in [0.1, 0.15) is 16.9 Å². The maximum absolute atomic E-state index is 12.4. The van der Waals surface area contributed by atoms with Gasteiger partial charge >= 0.3 is 12.3 Å². The van der Waals surface area contributed by atoms with Crippen molar-refractivity contribution in [1.82, 2.24) is 25.3 Å². The van der Waals surface area contributed by atoms with E-state index in [0.29, 0.717) is 33.9 Å². The van der Waals surface area contributed by atoms with Crippen LogP contribution >= 0.6 is 0 Å². The lowest BCUT2D eigenvalue weighted by molar-refractivity contribution is -0.129. The second-order valence-corrected chi connectivity index (χ2v) is 13.5. The summed E-state index contributed by atoms with van der Waals surface area (Å²) < 4.78 is 68.9. The Bertz CT molecular complexity index is 1590. The highest BCUT2D eigenvalue weighted by Gasteiger charge is 2.30. The van der Waals surface area contributed by atoms with Gasteiger partial charge < -0.3 is 15.4 Å². The first-order valence-electron chi connectivity index (χ1n) is 13.9. The van der Waals surface area contributed by atoms with Crippen LogP contribution in [0.15, 0.2) is 24.4 Å². The number of aryl methyl sites for hydroxylation is 2. The molecular formula is C28H36F3N7O4S. The van der Waals surface area contributed by atoms with Gasteiger partial charge in [0.15, 0.2) is 0 Å². The monoisotopic (exact) mass is 623 g/mol. The molecule has 11 nitrogen and oxygen atoms in total. The third kappa shape index (κ3) is 9.37. The van der Waals surface area contributed by atoms with Gasteiger partial charge in [-0.3, -0.25) is 4.72 Å². The predicted molar refractivity (Wildman–Crippen MR) is 157 cm³/mol. The molecule has 0 atom stereocenters. The van der Waals surface area contributed by atoms with Crippen LogP contribution in [-0.2, 0) is 14.8 Å². The summed E-state index contributed by atoms with van der Waals surface area (Å²) in [5, 5.41) is 6.32. The number of nitrogens with zero attached hydrogens (tertiary/aromatic N) is 4. The van der Waals surface area contributed by atoms with Crippen molar-refractivity contribution in [3.63, 3.8) is 0 Å². The van der Waals surface area contributed by atoms with E-state index in [2.05, 4.69) is 35.3 Å². The molecule has 3 N–H and O–H groups in total. The molecule has 3 aromatic rings. The summed E-state index contributed by atoms with van der Waals surface area (Å²) in [7, 11) is -4.22. The van der Waals surface area contributed by atoms with Crippen LogP contribution in [0.5, 0.6) is 0 Å². The van der Waals surface area contributed by atoms with Crippen LogP contribution in [0.4, 0.5) is 29.7 Å². The molecule has 3 heterocycles. The molecule has 1 saturated carbocycles. The smallest absolute Gasteiger partial charge is 0.407 e. The molecule has 1 aliphatic carbocycles. The summed E-state index contributed by atoms with van der Waals surface area (Å²) >= 11 is 0. The first kappa shape index (κ1) is 32.2. The average Bonchev–Trinajstić information content (AvgIpc) is 2.87. The summed E-state index contributed by atoms with van der Waals surface area (Å²) in [5.74, 6) is -0.684. The molecule has 15 heteroatoms. The largest absolute Gasteiger partial charge is 0.444 e. The van der Waals surface area contributed by atoms with Gasteiger partial charge in [0.2, 0.25) is 16.0 Å². The summed E-state index contributed by atoms with van der Waals surface area (Å²) in [5.41, 5.74) is 3.16. The standard InChI is InChI=1S/C28H36F3N7O4S/c1-16-14-21(20-10-11-23(33-17(20)2)38-43(40,41)13-12-28(29,30)31)36-22-15-32-25(37-24(16)22)34-18-6-8-19(9-7-18)35-26(39)42-27(3,4)5/h10-11,14-15,18-19H,6-9,12-13H2,1-5H3,(H,33,38)(H,35,39)(H,32,34,37). The first-order valence-corrected chi connectivity index (χ1v) is 15.6. The molecule has 0 unspecified atom stereocenters. The second kappa shape index (κ2) is 12.5. The molecule has 0 saturated heterocycles. The van der Waals surface area contributed by atoms with E-state index in [1.807, 2.05) is 33.8 Å². The molecule has 3 aromatic heterocycles. The predicted octanol–water partition coefficient (Wildman–Crippen LogP) is 5.65. The van der Waals surface area contributed by atoms with Gasteiger partial charge in [-0.05, 0) is 84.1 Å². The number of sulfonamides is 1. The van der Waals surface area contributed by atoms with Crippen LogP contribution in [0.25, 0.3) is 22.3 Å². The first-order chi connectivity index (χ1) is 20.0. The molecule has 0 spiro atoms. The molecule has 0 radical (unpaired) electrons. The number of hydrogen-bond donors (Lipinski definition) is 3. The SMILES string of the molecule is Cc1nc(NS(=O)(=O)CCC(F)(F)F)ccc1-c1cc(C)c2nc(NC3CCC(NC(=O)OC(C)(C)C)CC3)ncc2n1. The van der Waals surface area contributed by atoms with E-state index in [1.165, 1.54) is 6.07 Å². The quantitative estimate of drug-likeness (QED) is 0.290. The minimum atomic E-state index is -4.58. The van der Waals surface area contributed by atoms with Crippen molar-refractivity contribution in [2.24, 2.45) is 0 Å². The molecule has 234 valence electrons. The number of anilines is 2. The molecule has 4 rings (SSSR count). The number of amides is 1. The Hall–Kier alpha value is -3.75. The van der Waals surface area contributed by atoms with Crippen molar-refractivity contribution in [2.75, 3.05) is 15.8 Å². The number of carbonyl (C=O) groups excluding carboxylic acids is 1. The summed E-state index contributed by atoms with van der Waals surface area (Å²) in [6, 6.07) is 5.04. The molecule has 0 aromatic carbocycles. The number of alkyl carbamates (subject to hydrolysis) is 1. The van der Waals surface area contributed by atoms with Crippen LogP contribution in [-0.4, -0.2) is 64.1 Å². The average molecular weight is 624 g/mol. The van der Waals surface area contributed by atoms with Crippen molar-refractivity contribution < 1.29 is 31.1 Å². The van der Waals surface area contributed by atoms with Crippen LogP contribution in [0.1, 0.15) is 64.1 Å². The third-order valence-corrected chi connectivity index (χ3v) is 8.06. The number of nitrogens with one attached hydrogen (secondary N) is 3. The van der Waals surface area contributed by atoms with E-state index in [1.54, 1.807) is 19.2 Å². The summed E-state index contributed by atoms with van der Waals surface area (Å²) in [6.45, 7) is 9.04. The van der Waals surface area contributed by atoms with E-state index >= 15 is 0 Å². The highest BCUT2D eigenvalue weighted by Crippen LogP contribution is 2.28. The number of hydrogen-bond acceptors (Lipinski definition) is 9. The fourth-order valence-corrected chi connectivity index (χ4v) is 5.81. The molecule has 43 heavy (non-hydrogen) atoms. The van der Waals surface area contributed by atoms with Gasteiger partial charge in [-0.2, -0.15) is 13.2 Å². The molecule has 0 bridgehead atoms. The Morgan fingerprint density at radius 1 is 1.02 bits per heavy atom. The number of rotatable bonds is 8. The number of pyridine rings is 2. The zero-order valence-corrected chi connectivity index (χ0v) is 25.5. The van der Waals surface area contributed by atoms with E-state index in [9.17, 15) is 26.4 Å². The minimum Gasteiger partial charge on any atom is -0.444 e. The van der Waals surface area contributed by atoms with Gasteiger partial charge in [-0.15, -0.1) is 0 Å². The summed E-state index contributed by atoms with van der Waals surface area (Å²) in [6.07, 6.45) is -1.54. The number of alkyl halides is 3. The number of carbonyl (C=O) groups is 1. The van der Waals surface area contributed by atoms with Crippen LogP contribution in [0, 0.1) is 13.8 Å². The van der Waals surface area contributed by atoms with Gasteiger partial charge in [-0.25, -0.2) is 33.1 Å². The second-order valence-electron chi connectivity index (χ2n) is 11.7. The molecule has 1 amide bonds. The molecule has 1 aliphatic rings. The van der Waals surface area contributed by atoms with E-state index in [-0.39, 0.29) is 17.9 Å². The van der Waals surface area contributed by atoms with Crippen molar-refractivity contribution in [3.8, 4) is 11.3 Å². The maximum Gasteiger partial charge on any atom is 0.407 e. The zero-order valence-electron chi connectivity index (χ0n) is 24.7. The summed E-state index contributed by atoms with van der Waals surface area (Å²) in [4.78, 5) is 30.1.